The van der Waals surface area contributed by atoms with Crippen LogP contribution in [-0.2, 0) is 9.47 Å². The van der Waals surface area contributed by atoms with Crippen LogP contribution in [0.15, 0.2) is 12.2 Å². The van der Waals surface area contributed by atoms with Crippen LogP contribution < -0.4 is 0 Å². The molecule has 12 heavy (non-hydrogen) atoms. The van der Waals surface area contributed by atoms with Crippen molar-refractivity contribution in [3.63, 3.8) is 0 Å². The Morgan fingerprint density at radius 2 is 1.33 bits per heavy atom. The van der Waals surface area contributed by atoms with Gasteiger partial charge in [0.25, 0.3) is 0 Å². The fourth-order valence-corrected chi connectivity index (χ4v) is 2.70. The van der Waals surface area contributed by atoms with Crippen molar-refractivity contribution in [2.75, 3.05) is 13.2 Å². The molecule has 1 saturated carbocycles. The molecule has 2 heteroatoms. The maximum atomic E-state index is 5.74. The monoisotopic (exact) mass is 166 g/mol. The van der Waals surface area contributed by atoms with E-state index in [4.69, 9.17) is 9.47 Å². The molecular weight excluding hydrogens is 152 g/mol. The van der Waals surface area contributed by atoms with Gasteiger partial charge in [0.1, 0.15) is 0 Å². The predicted molar refractivity (Wildman–Crippen MR) is 44.8 cm³/mol. The van der Waals surface area contributed by atoms with Crippen LogP contribution in [0.4, 0.5) is 0 Å². The van der Waals surface area contributed by atoms with Gasteiger partial charge in [0.05, 0.1) is 25.4 Å². The molecule has 0 aromatic heterocycles. The van der Waals surface area contributed by atoms with E-state index in [0.717, 1.165) is 13.2 Å². The topological polar surface area (TPSA) is 18.5 Å². The second-order valence-corrected chi connectivity index (χ2v) is 3.96. The summed E-state index contributed by atoms with van der Waals surface area (Å²) >= 11 is 0. The second kappa shape index (κ2) is 2.57. The highest BCUT2D eigenvalue weighted by Gasteiger charge is 2.43. The van der Waals surface area contributed by atoms with Gasteiger partial charge >= 0.3 is 0 Å². The first-order valence-electron chi connectivity index (χ1n) is 4.87. The van der Waals surface area contributed by atoms with Crippen LogP contribution >= 0.6 is 0 Å². The molecule has 3 aliphatic carbocycles. The molecule has 4 aliphatic rings. The molecule has 0 aromatic carbocycles. The average molecular weight is 166 g/mol. The van der Waals surface area contributed by atoms with Gasteiger partial charge in [0, 0.05) is 11.8 Å². The summed E-state index contributed by atoms with van der Waals surface area (Å²) in [6.45, 7) is 1.58. The number of hydrogen-bond donors (Lipinski definition) is 0. The first-order valence-corrected chi connectivity index (χ1v) is 4.87. The number of ether oxygens (including phenoxy) is 2. The first kappa shape index (κ1) is 7.10. The Morgan fingerprint density at radius 1 is 0.833 bits per heavy atom. The van der Waals surface area contributed by atoms with Gasteiger partial charge in [-0.1, -0.05) is 12.2 Å². The zero-order valence-electron chi connectivity index (χ0n) is 7.11. The molecule has 4 rings (SSSR count). The predicted octanol–water partition coefficient (Wildman–Crippen LogP) is 1.37. The van der Waals surface area contributed by atoms with Gasteiger partial charge in [0.15, 0.2) is 0 Å². The van der Waals surface area contributed by atoms with Crippen molar-refractivity contribution < 1.29 is 9.47 Å². The molecule has 0 N–H and O–H groups in total. The lowest BCUT2D eigenvalue weighted by Gasteiger charge is -2.46. The summed E-state index contributed by atoms with van der Waals surface area (Å²) in [5.74, 6) is 1.28. The van der Waals surface area contributed by atoms with Gasteiger partial charge in [-0.05, 0) is 12.8 Å². The third kappa shape index (κ3) is 0.882. The molecule has 4 atom stereocenters. The zero-order valence-corrected chi connectivity index (χ0v) is 7.11. The summed E-state index contributed by atoms with van der Waals surface area (Å²) < 4.78 is 11.5. The maximum Gasteiger partial charge on any atom is 0.0905 e. The Hall–Kier alpha value is -0.340. The molecule has 0 spiro atoms. The molecule has 0 aromatic rings. The molecule has 2 bridgehead atoms. The lowest BCUT2D eigenvalue weighted by molar-refractivity contribution is -0.184. The van der Waals surface area contributed by atoms with Crippen LogP contribution in [0.5, 0.6) is 0 Å². The van der Waals surface area contributed by atoms with Crippen LogP contribution in [0.3, 0.4) is 0 Å². The molecule has 1 saturated heterocycles. The van der Waals surface area contributed by atoms with Crippen LogP contribution in [0.1, 0.15) is 12.8 Å². The summed E-state index contributed by atoms with van der Waals surface area (Å²) in [4.78, 5) is 0. The molecule has 0 unspecified atom stereocenters. The molecule has 0 amide bonds. The average Bonchev–Trinajstić information content (AvgIpc) is 2.20. The van der Waals surface area contributed by atoms with Crippen molar-refractivity contribution in [2.45, 2.75) is 25.0 Å². The highest BCUT2D eigenvalue weighted by atomic mass is 16.6. The highest BCUT2D eigenvalue weighted by molar-refractivity contribution is 5.12. The summed E-state index contributed by atoms with van der Waals surface area (Å²) in [6.07, 6.45) is 8.00. The van der Waals surface area contributed by atoms with Crippen LogP contribution in [-0.4, -0.2) is 25.4 Å². The lowest BCUT2D eigenvalue weighted by Crippen LogP contribution is -2.51. The number of hydrogen-bond acceptors (Lipinski definition) is 2. The lowest BCUT2D eigenvalue weighted by atomic mass is 9.72. The van der Waals surface area contributed by atoms with Crippen LogP contribution in [0, 0.1) is 11.8 Å². The van der Waals surface area contributed by atoms with Crippen molar-refractivity contribution >= 4 is 0 Å². The van der Waals surface area contributed by atoms with E-state index in [-0.39, 0.29) is 0 Å². The van der Waals surface area contributed by atoms with Gasteiger partial charge < -0.3 is 9.47 Å². The molecule has 2 nitrogen and oxygen atoms in total. The number of fused-ring (bicyclic) bond motifs is 1. The van der Waals surface area contributed by atoms with E-state index in [1.807, 2.05) is 0 Å². The maximum absolute atomic E-state index is 5.74. The normalized spacial score (nSPS) is 50.7. The smallest absolute Gasteiger partial charge is 0.0905 e. The van der Waals surface area contributed by atoms with Gasteiger partial charge in [-0.15, -0.1) is 0 Å². The van der Waals surface area contributed by atoms with Crippen molar-refractivity contribution in [3.8, 4) is 0 Å². The summed E-state index contributed by atoms with van der Waals surface area (Å²) in [5.41, 5.74) is 0. The van der Waals surface area contributed by atoms with Crippen LogP contribution in [0.2, 0.25) is 0 Å². The third-order valence-corrected chi connectivity index (χ3v) is 3.31. The molecule has 1 aliphatic heterocycles. The van der Waals surface area contributed by atoms with E-state index >= 15 is 0 Å². The third-order valence-electron chi connectivity index (χ3n) is 3.31. The van der Waals surface area contributed by atoms with Gasteiger partial charge in [-0.25, -0.2) is 0 Å². The SMILES string of the molecule is C1=C[C@H]2CC[C@@H]1[C@@H]1OCCO[C@@H]12. The summed E-state index contributed by atoms with van der Waals surface area (Å²) in [6, 6.07) is 0. The second-order valence-electron chi connectivity index (χ2n) is 3.96. The van der Waals surface area contributed by atoms with Gasteiger partial charge in [-0.2, -0.15) is 0 Å². The minimum atomic E-state index is 0.377. The van der Waals surface area contributed by atoms with Crippen molar-refractivity contribution in [2.24, 2.45) is 11.8 Å². The Balaban J connectivity index is 1.90. The Labute approximate surface area is 72.5 Å². The minimum absolute atomic E-state index is 0.377. The summed E-state index contributed by atoms with van der Waals surface area (Å²) in [5, 5.41) is 0. The highest BCUT2D eigenvalue weighted by Crippen LogP contribution is 2.40. The van der Waals surface area contributed by atoms with Crippen LogP contribution in [0.25, 0.3) is 0 Å². The van der Waals surface area contributed by atoms with Crippen molar-refractivity contribution in [1.82, 2.24) is 0 Å². The van der Waals surface area contributed by atoms with Crippen molar-refractivity contribution in [3.05, 3.63) is 12.2 Å². The summed E-state index contributed by atoms with van der Waals surface area (Å²) in [7, 11) is 0. The molecule has 1 heterocycles. The molecule has 2 fully saturated rings. The van der Waals surface area contributed by atoms with Crippen molar-refractivity contribution in [1.29, 1.82) is 0 Å². The molecular formula is C10H14O2. The van der Waals surface area contributed by atoms with E-state index in [9.17, 15) is 0 Å². The van der Waals surface area contributed by atoms with E-state index in [0.29, 0.717) is 24.0 Å². The first-order chi connectivity index (χ1) is 5.95. The zero-order chi connectivity index (χ0) is 7.97. The van der Waals surface area contributed by atoms with E-state index in [1.54, 1.807) is 0 Å². The Morgan fingerprint density at radius 3 is 1.75 bits per heavy atom. The Bertz CT molecular complexity index is 190. The van der Waals surface area contributed by atoms with E-state index < -0.39 is 0 Å². The minimum Gasteiger partial charge on any atom is -0.372 e. The quantitative estimate of drug-likeness (QED) is 0.506. The Kier molecular flexibility index (Phi) is 1.52. The van der Waals surface area contributed by atoms with Gasteiger partial charge in [-0.3, -0.25) is 0 Å². The number of rotatable bonds is 0. The molecule has 66 valence electrons. The van der Waals surface area contributed by atoms with Gasteiger partial charge in [0.2, 0.25) is 0 Å². The standard InChI is InChI=1S/C10H14O2/c1-2-8-4-3-7(1)9-10(8)12-6-5-11-9/h1-2,7-10H,3-6H2/t7-,8+,9+,10-. The fourth-order valence-electron chi connectivity index (χ4n) is 2.70. The molecule has 0 radical (unpaired) electrons. The van der Waals surface area contributed by atoms with E-state index in [1.165, 1.54) is 12.8 Å². The largest absolute Gasteiger partial charge is 0.372 e. The fraction of sp³-hybridized carbons (Fsp3) is 0.800. The van der Waals surface area contributed by atoms with E-state index in [2.05, 4.69) is 12.2 Å².